The van der Waals surface area contributed by atoms with Crippen LogP contribution in [0.2, 0.25) is 0 Å². The predicted molar refractivity (Wildman–Crippen MR) is 81.4 cm³/mol. The van der Waals surface area contributed by atoms with Crippen molar-refractivity contribution in [2.24, 2.45) is 0 Å². The Morgan fingerprint density at radius 3 is 2.84 bits per heavy atom. The minimum Gasteiger partial charge on any atom is -0.310 e. The summed E-state index contributed by atoms with van der Waals surface area (Å²) in [6.07, 6.45) is 3.00. The minimum atomic E-state index is 0.898. The third-order valence-electron chi connectivity index (χ3n) is 2.84. The quantitative estimate of drug-likeness (QED) is 0.593. The van der Waals surface area contributed by atoms with Crippen molar-refractivity contribution in [3.8, 4) is 0 Å². The van der Waals surface area contributed by atoms with Gasteiger partial charge in [0.05, 0.1) is 5.69 Å². The van der Waals surface area contributed by atoms with Gasteiger partial charge >= 0.3 is 0 Å². The average Bonchev–Trinajstić information content (AvgIpc) is 2.88. The molecule has 0 fully saturated rings. The Bertz CT molecular complexity index is 467. The molecule has 0 bridgehead atoms. The van der Waals surface area contributed by atoms with Gasteiger partial charge in [0, 0.05) is 36.5 Å². The van der Waals surface area contributed by atoms with Crippen LogP contribution in [0.25, 0.3) is 0 Å². The van der Waals surface area contributed by atoms with Gasteiger partial charge in [0.15, 0.2) is 0 Å². The second-order valence-corrected chi connectivity index (χ2v) is 5.55. The van der Waals surface area contributed by atoms with E-state index >= 15 is 0 Å². The molecule has 0 saturated carbocycles. The highest BCUT2D eigenvalue weighted by atomic mass is 32.2. The molecule has 0 amide bonds. The van der Waals surface area contributed by atoms with Gasteiger partial charge in [0.2, 0.25) is 0 Å². The predicted octanol–water partition coefficient (Wildman–Crippen LogP) is 3.18. The summed E-state index contributed by atoms with van der Waals surface area (Å²) >= 11 is 1.89. The SMILES string of the molecule is CCCn1nccc1CNCCSc1ccccc1. The van der Waals surface area contributed by atoms with Crippen molar-refractivity contribution in [2.45, 2.75) is 31.3 Å². The van der Waals surface area contributed by atoms with Crippen LogP contribution < -0.4 is 5.32 Å². The first-order valence-corrected chi connectivity index (χ1v) is 7.78. The molecular weight excluding hydrogens is 254 g/mol. The number of aryl methyl sites for hydroxylation is 1. The van der Waals surface area contributed by atoms with E-state index in [-0.39, 0.29) is 0 Å². The van der Waals surface area contributed by atoms with Crippen LogP contribution in [0.15, 0.2) is 47.5 Å². The lowest BCUT2D eigenvalue weighted by atomic mass is 10.4. The molecule has 19 heavy (non-hydrogen) atoms. The maximum absolute atomic E-state index is 4.32. The van der Waals surface area contributed by atoms with Gasteiger partial charge in [-0.25, -0.2) is 0 Å². The van der Waals surface area contributed by atoms with Gasteiger partial charge in [0.25, 0.3) is 0 Å². The van der Waals surface area contributed by atoms with E-state index in [1.54, 1.807) is 0 Å². The summed E-state index contributed by atoms with van der Waals surface area (Å²) in [4.78, 5) is 1.33. The van der Waals surface area contributed by atoms with Crippen molar-refractivity contribution in [1.82, 2.24) is 15.1 Å². The zero-order valence-corrected chi connectivity index (χ0v) is 12.2. The number of hydrogen-bond acceptors (Lipinski definition) is 3. The Balaban J connectivity index is 1.65. The second kappa shape index (κ2) is 8.02. The van der Waals surface area contributed by atoms with Crippen LogP contribution in [0.4, 0.5) is 0 Å². The van der Waals surface area contributed by atoms with E-state index in [9.17, 15) is 0 Å². The molecule has 4 heteroatoms. The van der Waals surface area contributed by atoms with Crippen molar-refractivity contribution >= 4 is 11.8 Å². The third-order valence-corrected chi connectivity index (χ3v) is 3.85. The second-order valence-electron chi connectivity index (χ2n) is 4.38. The van der Waals surface area contributed by atoms with Crippen molar-refractivity contribution in [1.29, 1.82) is 0 Å². The summed E-state index contributed by atoms with van der Waals surface area (Å²) in [5, 5.41) is 7.80. The zero-order chi connectivity index (χ0) is 13.3. The highest BCUT2D eigenvalue weighted by Crippen LogP contribution is 2.15. The Hall–Kier alpha value is -1.26. The molecule has 0 aliphatic carbocycles. The Kier molecular flexibility index (Phi) is 5.98. The fourth-order valence-electron chi connectivity index (χ4n) is 1.90. The van der Waals surface area contributed by atoms with Crippen LogP contribution in [0, 0.1) is 0 Å². The molecule has 2 rings (SSSR count). The molecular formula is C15H21N3S. The third kappa shape index (κ3) is 4.73. The van der Waals surface area contributed by atoms with Crippen molar-refractivity contribution in [2.75, 3.05) is 12.3 Å². The monoisotopic (exact) mass is 275 g/mol. The van der Waals surface area contributed by atoms with Crippen LogP contribution in [0.3, 0.4) is 0 Å². The molecule has 1 heterocycles. The number of aromatic nitrogens is 2. The van der Waals surface area contributed by atoms with Gasteiger partial charge in [-0.3, -0.25) is 4.68 Å². The van der Waals surface area contributed by atoms with Gasteiger partial charge in [-0.15, -0.1) is 11.8 Å². The molecule has 1 N–H and O–H groups in total. The molecule has 0 unspecified atom stereocenters. The molecule has 0 spiro atoms. The van der Waals surface area contributed by atoms with E-state index < -0.39 is 0 Å². The largest absolute Gasteiger partial charge is 0.310 e. The van der Waals surface area contributed by atoms with Crippen LogP contribution >= 0.6 is 11.8 Å². The number of hydrogen-bond donors (Lipinski definition) is 1. The van der Waals surface area contributed by atoms with E-state index in [1.165, 1.54) is 10.6 Å². The van der Waals surface area contributed by atoms with Gasteiger partial charge in [-0.05, 0) is 24.6 Å². The Labute approximate surface area is 119 Å². The first-order chi connectivity index (χ1) is 9.40. The Morgan fingerprint density at radius 1 is 1.21 bits per heavy atom. The molecule has 0 atom stereocenters. The summed E-state index contributed by atoms with van der Waals surface area (Å²) in [6, 6.07) is 12.6. The first kappa shape index (κ1) is 14.2. The highest BCUT2D eigenvalue weighted by molar-refractivity contribution is 7.99. The smallest absolute Gasteiger partial charge is 0.0522 e. The van der Waals surface area contributed by atoms with Gasteiger partial charge in [0.1, 0.15) is 0 Å². The minimum absolute atomic E-state index is 0.898. The number of nitrogens with one attached hydrogen (secondary N) is 1. The molecule has 0 radical (unpaired) electrons. The van der Waals surface area contributed by atoms with Crippen molar-refractivity contribution in [3.63, 3.8) is 0 Å². The van der Waals surface area contributed by atoms with Crippen molar-refractivity contribution in [3.05, 3.63) is 48.3 Å². The van der Waals surface area contributed by atoms with E-state index in [1.807, 2.05) is 18.0 Å². The molecule has 2 aromatic rings. The average molecular weight is 275 g/mol. The fourth-order valence-corrected chi connectivity index (χ4v) is 2.73. The highest BCUT2D eigenvalue weighted by Gasteiger charge is 2.00. The lowest BCUT2D eigenvalue weighted by molar-refractivity contribution is 0.555. The fraction of sp³-hybridized carbons (Fsp3) is 0.400. The first-order valence-electron chi connectivity index (χ1n) is 6.79. The normalized spacial score (nSPS) is 10.8. The lowest BCUT2D eigenvalue weighted by Gasteiger charge is -2.07. The van der Waals surface area contributed by atoms with Crippen LogP contribution in [-0.2, 0) is 13.1 Å². The topological polar surface area (TPSA) is 29.9 Å². The zero-order valence-electron chi connectivity index (χ0n) is 11.4. The molecule has 102 valence electrons. The number of benzene rings is 1. The van der Waals surface area contributed by atoms with Crippen molar-refractivity contribution < 1.29 is 0 Å². The number of rotatable bonds is 8. The molecule has 0 aliphatic heterocycles. The van der Waals surface area contributed by atoms with Crippen LogP contribution in [0.5, 0.6) is 0 Å². The number of thioether (sulfide) groups is 1. The Morgan fingerprint density at radius 2 is 2.05 bits per heavy atom. The number of nitrogens with zero attached hydrogens (tertiary/aromatic N) is 2. The molecule has 1 aromatic carbocycles. The van der Waals surface area contributed by atoms with E-state index in [4.69, 9.17) is 0 Å². The van der Waals surface area contributed by atoms with E-state index in [0.717, 1.165) is 31.8 Å². The summed E-state index contributed by atoms with van der Waals surface area (Å²) in [5.41, 5.74) is 1.27. The van der Waals surface area contributed by atoms with Crippen LogP contribution in [-0.4, -0.2) is 22.1 Å². The molecule has 1 aromatic heterocycles. The summed E-state index contributed by atoms with van der Waals surface area (Å²) in [5.74, 6) is 1.09. The lowest BCUT2D eigenvalue weighted by Crippen LogP contribution is -2.19. The van der Waals surface area contributed by atoms with Gasteiger partial charge < -0.3 is 5.32 Å². The molecule has 3 nitrogen and oxygen atoms in total. The van der Waals surface area contributed by atoms with Gasteiger partial charge in [-0.1, -0.05) is 25.1 Å². The van der Waals surface area contributed by atoms with Gasteiger partial charge in [-0.2, -0.15) is 5.10 Å². The maximum atomic E-state index is 4.32. The maximum Gasteiger partial charge on any atom is 0.0522 e. The summed E-state index contributed by atoms with van der Waals surface area (Å²) in [7, 11) is 0. The van der Waals surface area contributed by atoms with Crippen LogP contribution in [0.1, 0.15) is 19.0 Å². The van der Waals surface area contributed by atoms with E-state index in [0.29, 0.717) is 0 Å². The van der Waals surface area contributed by atoms with E-state index in [2.05, 4.69) is 58.4 Å². The standard InChI is InChI=1S/C15H21N3S/c1-2-11-18-14(8-9-17-18)13-16-10-12-19-15-6-4-3-5-7-15/h3-9,16H,2,10-13H2,1H3. The summed E-state index contributed by atoms with van der Waals surface area (Å²) < 4.78 is 2.08. The molecule has 0 saturated heterocycles. The molecule has 0 aliphatic rings. The summed E-state index contributed by atoms with van der Waals surface area (Å²) in [6.45, 7) is 5.09.